The molecule has 0 spiro atoms. The third-order valence-electron chi connectivity index (χ3n) is 5.31. The monoisotopic (exact) mass is 557 g/mol. The topological polar surface area (TPSA) is 61.8 Å². The van der Waals surface area contributed by atoms with Gasteiger partial charge >= 0.3 is 0 Å². The molecule has 0 aromatic heterocycles. The first-order valence-corrected chi connectivity index (χ1v) is 13.2. The van der Waals surface area contributed by atoms with Crippen LogP contribution in [0.3, 0.4) is 0 Å². The van der Waals surface area contributed by atoms with Gasteiger partial charge in [-0.05, 0) is 72.3 Å². The van der Waals surface area contributed by atoms with Gasteiger partial charge < -0.3 is 5.32 Å². The first kappa shape index (κ1) is 26.3. The molecule has 1 aliphatic heterocycles. The van der Waals surface area contributed by atoms with E-state index in [4.69, 9.17) is 34.8 Å². The number of benzene rings is 3. The average Bonchev–Trinajstić information content (AvgIpc) is 3.13. The van der Waals surface area contributed by atoms with Gasteiger partial charge in [0.1, 0.15) is 0 Å². The minimum absolute atomic E-state index is 0.122. The van der Waals surface area contributed by atoms with Gasteiger partial charge in [0.25, 0.3) is 11.8 Å². The molecule has 0 atom stereocenters. The standard InChI is InChI=1S/C27H22Cl3N3O2S/c1-2-3-13-33-26(35)24(36-27(33)32-23-12-11-18(28)16-22(23)30)15-17-7-6-8-19(14-17)31-25(34)20-9-4-5-10-21(20)29/h4-12,14-16H,2-3,13H2,1H3,(H,31,34)/b24-15-,32-27?. The number of carbonyl (C=O) groups excluding carboxylic acids is 2. The summed E-state index contributed by atoms with van der Waals surface area (Å²) in [5.41, 5.74) is 2.29. The van der Waals surface area contributed by atoms with Crippen LogP contribution in [0.1, 0.15) is 35.7 Å². The van der Waals surface area contributed by atoms with Crippen molar-refractivity contribution in [1.29, 1.82) is 0 Å². The van der Waals surface area contributed by atoms with E-state index in [0.717, 1.165) is 18.4 Å². The number of nitrogens with one attached hydrogen (secondary N) is 1. The normalized spacial score (nSPS) is 15.7. The lowest BCUT2D eigenvalue weighted by Crippen LogP contribution is -2.30. The van der Waals surface area contributed by atoms with Crippen LogP contribution in [0.15, 0.2) is 76.6 Å². The maximum Gasteiger partial charge on any atom is 0.266 e. The Morgan fingerprint density at radius 3 is 2.58 bits per heavy atom. The third-order valence-corrected chi connectivity index (χ3v) is 7.18. The van der Waals surface area contributed by atoms with E-state index in [9.17, 15) is 9.59 Å². The van der Waals surface area contributed by atoms with Crippen LogP contribution < -0.4 is 5.32 Å². The summed E-state index contributed by atoms with van der Waals surface area (Å²) in [6, 6.07) is 19.2. The van der Waals surface area contributed by atoms with Crippen LogP contribution in [-0.4, -0.2) is 28.4 Å². The van der Waals surface area contributed by atoms with Crippen LogP contribution in [0.25, 0.3) is 6.08 Å². The van der Waals surface area contributed by atoms with Crippen LogP contribution in [0, 0.1) is 0 Å². The van der Waals surface area contributed by atoms with Gasteiger partial charge in [0.05, 0.1) is 26.2 Å². The third kappa shape index (κ3) is 6.31. The van der Waals surface area contributed by atoms with Crippen molar-refractivity contribution in [1.82, 2.24) is 4.90 Å². The molecule has 36 heavy (non-hydrogen) atoms. The summed E-state index contributed by atoms with van der Waals surface area (Å²) in [5, 5.41) is 4.73. The number of aliphatic imine (C=N–C) groups is 1. The quantitative estimate of drug-likeness (QED) is 0.297. The number of carbonyl (C=O) groups is 2. The largest absolute Gasteiger partial charge is 0.322 e. The molecule has 9 heteroatoms. The second-order valence-electron chi connectivity index (χ2n) is 7.97. The van der Waals surface area contributed by atoms with E-state index in [0.29, 0.717) is 48.6 Å². The van der Waals surface area contributed by atoms with Crippen molar-refractivity contribution < 1.29 is 9.59 Å². The van der Waals surface area contributed by atoms with Crippen molar-refractivity contribution in [3.8, 4) is 0 Å². The minimum atomic E-state index is -0.309. The predicted octanol–water partition coefficient (Wildman–Crippen LogP) is 8.30. The predicted molar refractivity (Wildman–Crippen MR) is 152 cm³/mol. The molecule has 4 rings (SSSR count). The number of amidine groups is 1. The van der Waals surface area contributed by atoms with Gasteiger partial charge in [0.2, 0.25) is 0 Å². The number of rotatable bonds is 7. The SMILES string of the molecule is CCCCN1C(=O)/C(=C/c2cccc(NC(=O)c3ccccc3Cl)c2)SC1=Nc1ccc(Cl)cc1Cl. The lowest BCUT2D eigenvalue weighted by atomic mass is 10.1. The number of hydrogen-bond acceptors (Lipinski definition) is 4. The van der Waals surface area contributed by atoms with E-state index in [2.05, 4.69) is 17.2 Å². The second-order valence-corrected chi connectivity index (χ2v) is 10.2. The molecule has 0 radical (unpaired) electrons. The second kappa shape index (κ2) is 12.0. The number of thioether (sulfide) groups is 1. The molecule has 3 aromatic carbocycles. The zero-order valence-corrected chi connectivity index (χ0v) is 22.4. The van der Waals surface area contributed by atoms with E-state index in [1.807, 2.05) is 12.1 Å². The zero-order chi connectivity index (χ0) is 25.7. The summed E-state index contributed by atoms with van der Waals surface area (Å²) in [6.45, 7) is 2.62. The van der Waals surface area contributed by atoms with Crippen molar-refractivity contribution in [2.75, 3.05) is 11.9 Å². The highest BCUT2D eigenvalue weighted by atomic mass is 35.5. The van der Waals surface area contributed by atoms with Crippen molar-refractivity contribution in [2.45, 2.75) is 19.8 Å². The summed E-state index contributed by atoms with van der Waals surface area (Å²) in [6.07, 6.45) is 3.58. The summed E-state index contributed by atoms with van der Waals surface area (Å²) >= 11 is 19.8. The van der Waals surface area contributed by atoms with Gasteiger partial charge in [-0.15, -0.1) is 0 Å². The lowest BCUT2D eigenvalue weighted by molar-refractivity contribution is -0.122. The van der Waals surface area contributed by atoms with Gasteiger partial charge in [-0.25, -0.2) is 4.99 Å². The number of nitrogens with zero attached hydrogens (tertiary/aromatic N) is 2. The number of anilines is 1. The van der Waals surface area contributed by atoms with E-state index in [1.165, 1.54) is 11.8 Å². The molecule has 1 aliphatic rings. The Morgan fingerprint density at radius 1 is 1.03 bits per heavy atom. The Bertz CT molecular complexity index is 1370. The fourth-order valence-electron chi connectivity index (χ4n) is 3.48. The van der Waals surface area contributed by atoms with Crippen LogP contribution in [-0.2, 0) is 4.79 Å². The molecule has 0 saturated carbocycles. The van der Waals surface area contributed by atoms with Gasteiger partial charge in [0, 0.05) is 17.3 Å². The van der Waals surface area contributed by atoms with Crippen molar-refractivity contribution in [3.05, 3.63) is 97.8 Å². The minimum Gasteiger partial charge on any atom is -0.322 e. The molecule has 1 N–H and O–H groups in total. The van der Waals surface area contributed by atoms with Crippen molar-refractivity contribution in [3.63, 3.8) is 0 Å². The molecule has 2 amide bonds. The van der Waals surface area contributed by atoms with Gasteiger partial charge in [0.15, 0.2) is 5.17 Å². The number of unbranched alkanes of at least 4 members (excludes halogenated alkanes) is 1. The Hall–Kier alpha value is -2.77. The molecule has 1 heterocycles. The fourth-order valence-corrected chi connectivity index (χ4v) is 5.17. The fraction of sp³-hybridized carbons (Fsp3) is 0.148. The molecule has 3 aromatic rings. The summed E-state index contributed by atoms with van der Waals surface area (Å²) < 4.78 is 0. The molecule has 5 nitrogen and oxygen atoms in total. The van der Waals surface area contributed by atoms with Gasteiger partial charge in [-0.2, -0.15) is 0 Å². The van der Waals surface area contributed by atoms with Crippen molar-refractivity contribution >= 4 is 81.0 Å². The Morgan fingerprint density at radius 2 is 1.83 bits per heavy atom. The molecule has 0 bridgehead atoms. The summed E-state index contributed by atoms with van der Waals surface area (Å²) in [4.78, 5) is 32.8. The number of halogens is 3. The first-order chi connectivity index (χ1) is 17.4. The van der Waals surface area contributed by atoms with Crippen LogP contribution in [0.5, 0.6) is 0 Å². The van der Waals surface area contributed by atoms with E-state index >= 15 is 0 Å². The maximum atomic E-state index is 13.3. The highest BCUT2D eigenvalue weighted by Crippen LogP contribution is 2.36. The van der Waals surface area contributed by atoms with Crippen LogP contribution in [0.4, 0.5) is 11.4 Å². The Kier molecular flexibility index (Phi) is 8.75. The molecular weight excluding hydrogens is 537 g/mol. The van der Waals surface area contributed by atoms with E-state index < -0.39 is 0 Å². The lowest BCUT2D eigenvalue weighted by Gasteiger charge is -2.15. The summed E-state index contributed by atoms with van der Waals surface area (Å²) in [5.74, 6) is -0.431. The molecule has 1 saturated heterocycles. The molecule has 0 aliphatic carbocycles. The van der Waals surface area contributed by atoms with Gasteiger partial charge in [-0.1, -0.05) is 72.4 Å². The number of hydrogen-bond donors (Lipinski definition) is 1. The maximum absolute atomic E-state index is 13.3. The molecule has 0 unspecified atom stereocenters. The molecule has 1 fully saturated rings. The van der Waals surface area contributed by atoms with Gasteiger partial charge in [-0.3, -0.25) is 14.5 Å². The first-order valence-electron chi connectivity index (χ1n) is 11.3. The Balaban J connectivity index is 1.59. The molecular formula is C27H22Cl3N3O2S. The van der Waals surface area contributed by atoms with E-state index in [1.54, 1.807) is 65.6 Å². The van der Waals surface area contributed by atoms with Crippen LogP contribution >= 0.6 is 46.6 Å². The summed E-state index contributed by atoms with van der Waals surface area (Å²) in [7, 11) is 0. The van der Waals surface area contributed by atoms with Crippen LogP contribution in [0.2, 0.25) is 15.1 Å². The smallest absolute Gasteiger partial charge is 0.266 e. The molecule has 184 valence electrons. The number of amides is 2. The Labute approximate surface area is 229 Å². The van der Waals surface area contributed by atoms with Crippen molar-refractivity contribution in [2.24, 2.45) is 4.99 Å². The highest BCUT2D eigenvalue weighted by molar-refractivity contribution is 8.18. The van der Waals surface area contributed by atoms with E-state index in [-0.39, 0.29) is 11.8 Å². The highest BCUT2D eigenvalue weighted by Gasteiger charge is 2.33. The zero-order valence-electron chi connectivity index (χ0n) is 19.3. The average molecular weight is 559 g/mol.